The molecule has 0 saturated carbocycles. The monoisotopic (exact) mass is 519 g/mol. The highest BCUT2D eigenvalue weighted by molar-refractivity contribution is 6.06. The molecular weight excluding hydrogens is 489 g/mol. The SMILES string of the molecule is C[C@H]1CCCN1CCNC(=O)c1ccc(F)c(NC(=O)c2cnc3[nH]c(-c4cnn(CCO)c4)cc3c2)c1. The molecule has 3 aromatic heterocycles. The van der Waals surface area contributed by atoms with E-state index in [-0.39, 0.29) is 29.3 Å². The molecule has 0 spiro atoms. The number of carbonyl (C=O) groups excluding carboxylic acids is 2. The van der Waals surface area contributed by atoms with Crippen LogP contribution in [0.5, 0.6) is 0 Å². The summed E-state index contributed by atoms with van der Waals surface area (Å²) in [6, 6.07) is 7.92. The molecule has 1 saturated heterocycles. The predicted molar refractivity (Wildman–Crippen MR) is 141 cm³/mol. The number of carbonyl (C=O) groups is 2. The molecule has 11 heteroatoms. The lowest BCUT2D eigenvalue weighted by molar-refractivity contribution is 0.0946. The van der Waals surface area contributed by atoms with E-state index in [4.69, 9.17) is 5.11 Å². The van der Waals surface area contributed by atoms with Crippen LogP contribution in [0, 0.1) is 5.82 Å². The first-order valence-electron chi connectivity index (χ1n) is 12.7. The van der Waals surface area contributed by atoms with Crippen LogP contribution in [0.15, 0.2) is 48.9 Å². The van der Waals surface area contributed by atoms with Gasteiger partial charge in [-0.15, -0.1) is 0 Å². The molecule has 2 amide bonds. The number of hydrogen-bond donors (Lipinski definition) is 4. The van der Waals surface area contributed by atoms with E-state index in [2.05, 4.69) is 37.5 Å². The van der Waals surface area contributed by atoms with Gasteiger partial charge < -0.3 is 20.7 Å². The molecule has 0 aliphatic carbocycles. The van der Waals surface area contributed by atoms with E-state index in [0.29, 0.717) is 30.2 Å². The van der Waals surface area contributed by atoms with Crippen molar-refractivity contribution in [1.29, 1.82) is 0 Å². The maximum Gasteiger partial charge on any atom is 0.257 e. The first-order valence-corrected chi connectivity index (χ1v) is 12.7. The Morgan fingerprint density at radius 1 is 1.16 bits per heavy atom. The van der Waals surface area contributed by atoms with Crippen LogP contribution in [0.2, 0.25) is 0 Å². The maximum absolute atomic E-state index is 14.5. The normalized spacial score (nSPS) is 15.7. The highest BCUT2D eigenvalue weighted by Crippen LogP contribution is 2.24. The van der Waals surface area contributed by atoms with E-state index in [9.17, 15) is 14.0 Å². The number of pyridine rings is 1. The largest absolute Gasteiger partial charge is 0.394 e. The van der Waals surface area contributed by atoms with Gasteiger partial charge in [-0.1, -0.05) is 0 Å². The third-order valence-electron chi connectivity index (χ3n) is 6.86. The summed E-state index contributed by atoms with van der Waals surface area (Å²) in [5, 5.41) is 19.4. The molecule has 0 bridgehead atoms. The van der Waals surface area contributed by atoms with E-state index >= 15 is 0 Å². The van der Waals surface area contributed by atoms with E-state index < -0.39 is 11.7 Å². The number of nitrogens with one attached hydrogen (secondary N) is 3. The van der Waals surface area contributed by atoms with Gasteiger partial charge in [-0.25, -0.2) is 9.37 Å². The van der Waals surface area contributed by atoms with Crippen molar-refractivity contribution in [3.05, 3.63) is 65.9 Å². The number of aromatic nitrogens is 4. The van der Waals surface area contributed by atoms with Gasteiger partial charge in [0.1, 0.15) is 11.5 Å². The van der Waals surface area contributed by atoms with Crippen molar-refractivity contribution in [2.45, 2.75) is 32.4 Å². The number of H-pyrrole nitrogens is 1. The zero-order valence-corrected chi connectivity index (χ0v) is 21.1. The minimum absolute atomic E-state index is 0.0138. The number of aliphatic hydroxyl groups is 1. The van der Waals surface area contributed by atoms with Crippen LogP contribution in [0.25, 0.3) is 22.3 Å². The lowest BCUT2D eigenvalue weighted by Gasteiger charge is -2.20. The van der Waals surface area contributed by atoms with Crippen molar-refractivity contribution in [3.63, 3.8) is 0 Å². The minimum Gasteiger partial charge on any atom is -0.394 e. The summed E-state index contributed by atoms with van der Waals surface area (Å²) in [6.45, 7) is 4.85. The number of nitrogens with zero attached hydrogens (tertiary/aromatic N) is 4. The van der Waals surface area contributed by atoms with Gasteiger partial charge in [0.15, 0.2) is 0 Å². The number of halogens is 1. The van der Waals surface area contributed by atoms with Crippen molar-refractivity contribution >= 4 is 28.5 Å². The molecule has 4 N–H and O–H groups in total. The van der Waals surface area contributed by atoms with Crippen molar-refractivity contribution < 1.29 is 19.1 Å². The van der Waals surface area contributed by atoms with Gasteiger partial charge in [0.2, 0.25) is 0 Å². The molecule has 4 heterocycles. The molecule has 1 atom stereocenters. The Balaban J connectivity index is 1.25. The fourth-order valence-corrected chi connectivity index (χ4v) is 4.72. The van der Waals surface area contributed by atoms with Crippen LogP contribution < -0.4 is 10.6 Å². The molecule has 5 rings (SSSR count). The van der Waals surface area contributed by atoms with Gasteiger partial charge in [0, 0.05) is 48.0 Å². The quantitative estimate of drug-likeness (QED) is 0.269. The van der Waals surface area contributed by atoms with Crippen molar-refractivity contribution in [3.8, 4) is 11.3 Å². The van der Waals surface area contributed by atoms with Crippen LogP contribution in [0.1, 0.15) is 40.5 Å². The average molecular weight is 520 g/mol. The number of likely N-dealkylation sites (tertiary alicyclic amines) is 1. The standard InChI is InChI=1S/C27H30FN7O3/c1-17-3-2-7-34(17)8-6-29-26(37)18-4-5-22(28)24(12-18)33-27(38)20-11-19-13-23(32-25(19)30-14-20)21-15-31-35(16-21)9-10-36/h4-5,11-17,36H,2-3,6-10H2,1H3,(H,29,37)(H,30,32)(H,33,38)/t17-/m0/s1. The number of aromatic amines is 1. The van der Waals surface area contributed by atoms with Gasteiger partial charge in [0.25, 0.3) is 11.8 Å². The summed E-state index contributed by atoms with van der Waals surface area (Å²) in [6.07, 6.45) is 7.21. The number of rotatable bonds is 9. The molecule has 10 nitrogen and oxygen atoms in total. The maximum atomic E-state index is 14.5. The minimum atomic E-state index is -0.640. The second-order valence-corrected chi connectivity index (χ2v) is 9.49. The molecule has 1 aliphatic rings. The van der Waals surface area contributed by atoms with Crippen LogP contribution >= 0.6 is 0 Å². The zero-order chi connectivity index (χ0) is 26.6. The number of aliphatic hydroxyl groups excluding tert-OH is 1. The molecule has 198 valence electrons. The summed E-state index contributed by atoms with van der Waals surface area (Å²) in [5.74, 6) is -1.51. The first-order chi connectivity index (χ1) is 18.4. The number of benzene rings is 1. The Morgan fingerprint density at radius 3 is 2.82 bits per heavy atom. The molecule has 1 aliphatic heterocycles. The van der Waals surface area contributed by atoms with Gasteiger partial charge in [0.05, 0.1) is 36.3 Å². The Labute approximate surface area is 218 Å². The molecular formula is C27H30FN7O3. The van der Waals surface area contributed by atoms with Gasteiger partial charge >= 0.3 is 0 Å². The third-order valence-corrected chi connectivity index (χ3v) is 6.86. The van der Waals surface area contributed by atoms with E-state index in [1.807, 2.05) is 6.07 Å². The molecule has 0 radical (unpaired) electrons. The van der Waals surface area contributed by atoms with Crippen LogP contribution in [0.3, 0.4) is 0 Å². The van der Waals surface area contributed by atoms with Crippen LogP contribution in [0.4, 0.5) is 10.1 Å². The van der Waals surface area contributed by atoms with Crippen molar-refractivity contribution in [1.82, 2.24) is 30.0 Å². The fourth-order valence-electron chi connectivity index (χ4n) is 4.72. The van der Waals surface area contributed by atoms with Crippen LogP contribution in [-0.4, -0.2) is 73.9 Å². The van der Waals surface area contributed by atoms with Crippen molar-refractivity contribution in [2.24, 2.45) is 0 Å². The second-order valence-electron chi connectivity index (χ2n) is 9.49. The van der Waals surface area contributed by atoms with Gasteiger partial charge in [-0.3, -0.25) is 19.2 Å². The highest BCUT2D eigenvalue weighted by Gasteiger charge is 2.20. The molecule has 4 aromatic rings. The fraction of sp³-hybridized carbons (Fsp3) is 0.333. The Hall–Kier alpha value is -4.09. The van der Waals surface area contributed by atoms with Gasteiger partial charge in [-0.05, 0) is 56.6 Å². The van der Waals surface area contributed by atoms with Crippen LogP contribution in [-0.2, 0) is 6.54 Å². The summed E-state index contributed by atoms with van der Waals surface area (Å²) in [5.41, 5.74) is 2.59. The number of anilines is 1. The molecule has 0 unspecified atom stereocenters. The molecule has 1 fully saturated rings. The summed E-state index contributed by atoms with van der Waals surface area (Å²) >= 11 is 0. The average Bonchev–Trinajstić information content (AvgIpc) is 3.65. The molecule has 1 aromatic carbocycles. The Kier molecular flexibility index (Phi) is 7.47. The summed E-state index contributed by atoms with van der Waals surface area (Å²) in [4.78, 5) is 35.4. The number of hydrogen-bond acceptors (Lipinski definition) is 6. The number of amides is 2. The third kappa shape index (κ3) is 5.58. The van der Waals surface area contributed by atoms with E-state index in [0.717, 1.165) is 24.3 Å². The van der Waals surface area contributed by atoms with Crippen molar-refractivity contribution in [2.75, 3.05) is 31.6 Å². The summed E-state index contributed by atoms with van der Waals surface area (Å²) < 4.78 is 16.1. The Bertz CT molecular complexity index is 1460. The van der Waals surface area contributed by atoms with E-state index in [1.165, 1.54) is 37.2 Å². The lowest BCUT2D eigenvalue weighted by atomic mass is 10.1. The van der Waals surface area contributed by atoms with Gasteiger partial charge in [-0.2, -0.15) is 5.10 Å². The predicted octanol–water partition coefficient (Wildman–Crippen LogP) is 3.02. The lowest BCUT2D eigenvalue weighted by Crippen LogP contribution is -2.36. The Morgan fingerprint density at radius 2 is 2.03 bits per heavy atom. The van der Waals surface area contributed by atoms with E-state index in [1.54, 1.807) is 23.1 Å². The molecule has 38 heavy (non-hydrogen) atoms. The second kappa shape index (κ2) is 11.1. The topological polar surface area (TPSA) is 128 Å². The smallest absolute Gasteiger partial charge is 0.257 e. The number of fused-ring (bicyclic) bond motifs is 1. The first kappa shape index (κ1) is 25.6. The summed E-state index contributed by atoms with van der Waals surface area (Å²) in [7, 11) is 0. The highest BCUT2D eigenvalue weighted by atomic mass is 19.1. The zero-order valence-electron chi connectivity index (χ0n) is 21.1.